The Kier molecular flexibility index (Phi) is 11.6. The summed E-state index contributed by atoms with van der Waals surface area (Å²) in [5, 5.41) is 9.45. The lowest BCUT2D eigenvalue weighted by Gasteiger charge is -2.32. The van der Waals surface area contributed by atoms with Gasteiger partial charge in [-0.05, 0) is 41.5 Å². The van der Waals surface area contributed by atoms with Gasteiger partial charge >= 0.3 is 0 Å². The second kappa shape index (κ2) is 13.1. The van der Waals surface area contributed by atoms with Crippen LogP contribution in [0.4, 0.5) is 0 Å². The minimum absolute atomic E-state index is 0.00813. The van der Waals surface area contributed by atoms with Gasteiger partial charge in [-0.15, -0.1) is 0 Å². The van der Waals surface area contributed by atoms with Crippen molar-refractivity contribution in [3.63, 3.8) is 0 Å². The molecule has 180 valence electrons. The van der Waals surface area contributed by atoms with E-state index in [9.17, 15) is 14.4 Å². The molecule has 0 aromatic heterocycles. The van der Waals surface area contributed by atoms with E-state index < -0.39 is 0 Å². The van der Waals surface area contributed by atoms with Gasteiger partial charge in [-0.25, -0.2) is 0 Å². The van der Waals surface area contributed by atoms with Crippen LogP contribution in [-0.4, -0.2) is 116 Å². The molecule has 2 amide bonds. The van der Waals surface area contributed by atoms with Crippen molar-refractivity contribution in [2.24, 2.45) is 0 Å². The molecule has 1 rings (SSSR count). The summed E-state index contributed by atoms with van der Waals surface area (Å²) in [7, 11) is 0. The van der Waals surface area contributed by atoms with Gasteiger partial charge in [0.15, 0.2) is 0 Å². The predicted octanol–water partition coefficient (Wildman–Crippen LogP) is -0.476. The number of hydrogen-bond acceptors (Lipinski definition) is 7. The molecule has 1 heterocycles. The predicted molar refractivity (Wildman–Crippen MR) is 124 cm³/mol. The molecule has 31 heavy (non-hydrogen) atoms. The van der Waals surface area contributed by atoms with Crippen LogP contribution in [-0.2, 0) is 14.4 Å². The maximum Gasteiger partial charge on any atom is 0.234 e. The zero-order chi connectivity index (χ0) is 23.5. The third-order valence-corrected chi connectivity index (χ3v) is 4.77. The zero-order valence-electron chi connectivity index (χ0n) is 20.4. The second-order valence-corrected chi connectivity index (χ2v) is 10.4. The number of carbonyl (C=O) groups excluding carboxylic acids is 3. The van der Waals surface area contributed by atoms with Crippen molar-refractivity contribution in [1.82, 2.24) is 30.7 Å². The molecule has 0 spiro atoms. The second-order valence-electron chi connectivity index (χ2n) is 10.4. The van der Waals surface area contributed by atoms with Crippen molar-refractivity contribution in [3.8, 4) is 0 Å². The Balaban J connectivity index is 2.80. The first-order valence-electron chi connectivity index (χ1n) is 11.3. The van der Waals surface area contributed by atoms with Crippen LogP contribution in [0.1, 0.15) is 41.5 Å². The van der Waals surface area contributed by atoms with E-state index in [-0.39, 0.29) is 22.9 Å². The molecule has 1 aliphatic heterocycles. The normalized spacial score (nSPS) is 19.2. The van der Waals surface area contributed by atoms with E-state index in [2.05, 4.69) is 30.7 Å². The minimum atomic E-state index is -0.282. The molecule has 1 fully saturated rings. The van der Waals surface area contributed by atoms with Crippen LogP contribution >= 0.6 is 0 Å². The van der Waals surface area contributed by atoms with E-state index in [0.29, 0.717) is 45.8 Å². The van der Waals surface area contributed by atoms with Crippen molar-refractivity contribution in [1.29, 1.82) is 0 Å². The van der Waals surface area contributed by atoms with E-state index in [1.165, 1.54) is 0 Å². The molecule has 0 unspecified atom stereocenters. The van der Waals surface area contributed by atoms with Crippen LogP contribution in [0.25, 0.3) is 0 Å². The number of aldehydes is 1. The maximum absolute atomic E-state index is 12.5. The van der Waals surface area contributed by atoms with Crippen molar-refractivity contribution < 1.29 is 14.4 Å². The van der Waals surface area contributed by atoms with Gasteiger partial charge in [-0.3, -0.25) is 24.3 Å². The van der Waals surface area contributed by atoms with Crippen molar-refractivity contribution in [2.45, 2.75) is 52.6 Å². The van der Waals surface area contributed by atoms with E-state index in [0.717, 1.165) is 32.5 Å². The van der Waals surface area contributed by atoms with E-state index in [4.69, 9.17) is 0 Å². The van der Waals surface area contributed by atoms with Crippen LogP contribution in [0, 0.1) is 0 Å². The van der Waals surface area contributed by atoms with Gasteiger partial charge in [-0.2, -0.15) is 0 Å². The lowest BCUT2D eigenvalue weighted by atomic mass is 10.1. The fourth-order valence-electron chi connectivity index (χ4n) is 3.43. The zero-order valence-corrected chi connectivity index (χ0v) is 20.4. The Hall–Kier alpha value is -1.55. The summed E-state index contributed by atoms with van der Waals surface area (Å²) in [5.74, 6) is -0.00555. The van der Waals surface area contributed by atoms with Gasteiger partial charge in [0.2, 0.25) is 11.8 Å². The number of amides is 2. The van der Waals surface area contributed by atoms with Gasteiger partial charge in [0.1, 0.15) is 6.29 Å². The number of nitrogens with zero attached hydrogens (tertiary/aromatic N) is 3. The molecule has 0 radical (unpaired) electrons. The number of carbonyl (C=O) groups is 3. The highest BCUT2D eigenvalue weighted by Gasteiger charge is 2.21. The Labute approximate surface area is 188 Å². The van der Waals surface area contributed by atoms with Gasteiger partial charge in [0, 0.05) is 63.4 Å². The molecule has 9 heteroatoms. The maximum atomic E-state index is 12.5. The molecule has 9 nitrogen and oxygen atoms in total. The first-order chi connectivity index (χ1) is 14.4. The summed E-state index contributed by atoms with van der Waals surface area (Å²) in [5.41, 5.74) is -0.545. The molecule has 0 bridgehead atoms. The van der Waals surface area contributed by atoms with Gasteiger partial charge < -0.3 is 20.7 Å². The Morgan fingerprint density at radius 1 is 0.742 bits per heavy atom. The summed E-state index contributed by atoms with van der Waals surface area (Å²) in [6.07, 6.45) is 0.929. The molecule has 0 aromatic rings. The molecule has 0 aliphatic carbocycles. The fraction of sp³-hybridized carbons (Fsp3) is 0.864. The fourth-order valence-corrected chi connectivity index (χ4v) is 3.43. The Morgan fingerprint density at radius 3 is 1.55 bits per heavy atom. The topological polar surface area (TPSA) is 97.0 Å². The van der Waals surface area contributed by atoms with Crippen molar-refractivity contribution in [3.05, 3.63) is 0 Å². The lowest BCUT2D eigenvalue weighted by Crippen LogP contribution is -2.51. The quantitative estimate of drug-likeness (QED) is 0.480. The van der Waals surface area contributed by atoms with E-state index in [1.807, 2.05) is 41.5 Å². The van der Waals surface area contributed by atoms with Crippen LogP contribution in [0.2, 0.25) is 0 Å². The van der Waals surface area contributed by atoms with Gasteiger partial charge in [0.05, 0.1) is 19.6 Å². The largest absolute Gasteiger partial charge is 0.350 e. The SMILES string of the molecule is CC(C)(C)NC(=O)CN1CCNCCN(CC=O)CCN(CC(=O)NC(C)(C)C)CC1. The summed E-state index contributed by atoms with van der Waals surface area (Å²) < 4.78 is 0. The molecule has 0 atom stereocenters. The monoisotopic (exact) mass is 440 g/mol. The van der Waals surface area contributed by atoms with Crippen molar-refractivity contribution >= 4 is 18.1 Å². The molecule has 1 aliphatic rings. The first-order valence-corrected chi connectivity index (χ1v) is 11.3. The smallest absolute Gasteiger partial charge is 0.234 e. The van der Waals surface area contributed by atoms with E-state index in [1.54, 1.807) is 0 Å². The molecule has 0 saturated carbocycles. The summed E-state index contributed by atoms with van der Waals surface area (Å²) in [6, 6.07) is 0. The number of nitrogens with one attached hydrogen (secondary N) is 3. The minimum Gasteiger partial charge on any atom is -0.350 e. The van der Waals surface area contributed by atoms with Crippen LogP contribution < -0.4 is 16.0 Å². The van der Waals surface area contributed by atoms with E-state index >= 15 is 0 Å². The summed E-state index contributed by atoms with van der Waals surface area (Å²) >= 11 is 0. The summed E-state index contributed by atoms with van der Waals surface area (Å²) in [4.78, 5) is 42.3. The van der Waals surface area contributed by atoms with Crippen LogP contribution in [0.5, 0.6) is 0 Å². The molecular formula is C22H44N6O3. The average molecular weight is 441 g/mol. The highest BCUT2D eigenvalue weighted by molar-refractivity contribution is 5.79. The Morgan fingerprint density at radius 2 is 1.13 bits per heavy atom. The van der Waals surface area contributed by atoms with Crippen molar-refractivity contribution in [2.75, 3.05) is 72.0 Å². The summed E-state index contributed by atoms with van der Waals surface area (Å²) in [6.45, 7) is 18.7. The molecule has 1 saturated heterocycles. The van der Waals surface area contributed by atoms with Gasteiger partial charge in [-0.1, -0.05) is 0 Å². The average Bonchev–Trinajstić information content (AvgIpc) is 2.58. The Bertz CT molecular complexity index is 571. The first kappa shape index (κ1) is 27.5. The molecule has 0 aromatic carbocycles. The molecule has 3 N–H and O–H groups in total. The lowest BCUT2D eigenvalue weighted by molar-refractivity contribution is -0.125. The number of hydrogen-bond donors (Lipinski definition) is 3. The highest BCUT2D eigenvalue weighted by Crippen LogP contribution is 2.02. The third kappa shape index (κ3) is 14.2. The molecular weight excluding hydrogens is 396 g/mol. The number of rotatable bonds is 6. The van der Waals surface area contributed by atoms with Gasteiger partial charge in [0.25, 0.3) is 0 Å². The highest BCUT2D eigenvalue weighted by atomic mass is 16.2. The van der Waals surface area contributed by atoms with Crippen LogP contribution in [0.15, 0.2) is 0 Å². The standard InChI is InChI=1S/C22H44N6O3/c1-21(2,3)24-19(30)17-27-10-8-23-7-9-26(15-16-29)11-12-28(14-13-27)18-20(31)25-22(4,5)6/h16,23H,7-15,17-18H2,1-6H3,(H,24,30)(H,25,31). The van der Waals surface area contributed by atoms with Crippen LogP contribution in [0.3, 0.4) is 0 Å². The third-order valence-electron chi connectivity index (χ3n) is 4.77.